The fourth-order valence-corrected chi connectivity index (χ4v) is 6.96. The number of carbonyl (C=O) groups is 2. The van der Waals surface area contributed by atoms with Crippen LogP contribution >= 0.6 is 23.1 Å². The van der Waals surface area contributed by atoms with E-state index >= 15 is 0 Å². The number of ketones is 1. The van der Waals surface area contributed by atoms with Gasteiger partial charge in [-0.25, -0.2) is 0 Å². The van der Waals surface area contributed by atoms with Gasteiger partial charge in [0.05, 0.1) is 43.2 Å². The van der Waals surface area contributed by atoms with E-state index in [1.54, 1.807) is 30.2 Å². The molecule has 3 aromatic rings. The van der Waals surface area contributed by atoms with Crippen LogP contribution in [0, 0.1) is 11.3 Å². The van der Waals surface area contributed by atoms with Gasteiger partial charge in [-0.2, -0.15) is 5.26 Å². The zero-order valence-corrected chi connectivity index (χ0v) is 26.0. The Balaban J connectivity index is 1.39. The van der Waals surface area contributed by atoms with Gasteiger partial charge in [0.1, 0.15) is 17.3 Å². The second kappa shape index (κ2) is 12.9. The summed E-state index contributed by atoms with van der Waals surface area (Å²) in [5, 5.41) is 22.2. The van der Waals surface area contributed by atoms with Gasteiger partial charge in [0.15, 0.2) is 10.1 Å². The van der Waals surface area contributed by atoms with Crippen LogP contribution in [0.4, 0.5) is 10.8 Å². The lowest BCUT2D eigenvalue weighted by molar-refractivity contribution is -0.116. The fraction of sp³-hybridized carbons (Fsp3) is 0.323. The molecule has 1 unspecified atom stereocenters. The number of nitrogens with two attached hydrogens (primary N) is 1. The Labute approximate surface area is 258 Å². The van der Waals surface area contributed by atoms with Crippen molar-refractivity contribution in [2.24, 2.45) is 5.73 Å². The highest BCUT2D eigenvalue weighted by atomic mass is 32.2. The molecular formula is C31H32N6O4S2. The maximum Gasteiger partial charge on any atom is 0.234 e. The van der Waals surface area contributed by atoms with Gasteiger partial charge in [0.2, 0.25) is 11.0 Å². The highest BCUT2D eigenvalue weighted by molar-refractivity contribution is 8.01. The SMILES string of the molecule is COc1ccc(NC(=O)CSc2nnc(N3C(N)=C(C#N)C(c4ccc(C(C)C)cc4)C4=C3CCCC4=O)s2)c(OC)c1. The number of aromatic nitrogens is 2. The van der Waals surface area contributed by atoms with E-state index < -0.39 is 5.92 Å². The lowest BCUT2D eigenvalue weighted by atomic mass is 9.75. The smallest absolute Gasteiger partial charge is 0.234 e. The molecule has 0 spiro atoms. The maximum absolute atomic E-state index is 13.4. The molecule has 10 nitrogen and oxygen atoms in total. The standard InChI is InChI=1S/C31H32N6O4S2/c1-17(2)18-8-10-19(11-9-18)27-21(15-32)29(33)37(23-6-5-7-24(38)28(23)27)30-35-36-31(43-30)42-16-26(39)34-22-13-12-20(40-3)14-25(22)41-4/h8-14,17,27H,5-7,16,33H2,1-4H3,(H,34,39). The first-order valence-electron chi connectivity index (χ1n) is 13.8. The normalized spacial score (nSPS) is 16.7. The van der Waals surface area contributed by atoms with Crippen molar-refractivity contribution >= 4 is 45.6 Å². The maximum atomic E-state index is 13.4. The molecule has 0 saturated heterocycles. The van der Waals surface area contributed by atoms with Crippen molar-refractivity contribution in [3.63, 3.8) is 0 Å². The molecule has 3 N–H and O–H groups in total. The molecule has 1 atom stereocenters. The summed E-state index contributed by atoms with van der Waals surface area (Å²) in [6.45, 7) is 4.24. The number of carbonyl (C=O) groups excluding carboxylic acids is 2. The number of Topliss-reactive ketones (excluding diaryl/α,β-unsaturated/α-hetero) is 1. The Hall–Kier alpha value is -4.34. The van der Waals surface area contributed by atoms with Crippen LogP contribution in [-0.2, 0) is 9.59 Å². The van der Waals surface area contributed by atoms with Gasteiger partial charge < -0.3 is 20.5 Å². The number of anilines is 2. The lowest BCUT2D eigenvalue weighted by Crippen LogP contribution is -2.38. The van der Waals surface area contributed by atoms with Crippen molar-refractivity contribution in [3.8, 4) is 17.6 Å². The third-order valence-corrected chi connectivity index (χ3v) is 9.49. The number of rotatable bonds is 9. The van der Waals surface area contributed by atoms with Gasteiger partial charge in [0.25, 0.3) is 0 Å². The highest BCUT2D eigenvalue weighted by Crippen LogP contribution is 2.47. The number of benzene rings is 2. The number of nitriles is 1. The second-order valence-corrected chi connectivity index (χ2v) is 12.6. The average Bonchev–Trinajstić information content (AvgIpc) is 3.48. The molecule has 0 bridgehead atoms. The molecule has 0 saturated carbocycles. The zero-order chi connectivity index (χ0) is 30.7. The molecule has 1 aromatic heterocycles. The molecule has 2 heterocycles. The molecular weight excluding hydrogens is 585 g/mol. The number of hydrogen-bond donors (Lipinski definition) is 2. The highest BCUT2D eigenvalue weighted by Gasteiger charge is 2.41. The number of nitrogens with zero attached hydrogens (tertiary/aromatic N) is 4. The molecule has 1 aliphatic carbocycles. The van der Waals surface area contributed by atoms with E-state index in [-0.39, 0.29) is 23.3 Å². The molecule has 5 rings (SSSR count). The van der Waals surface area contributed by atoms with Crippen molar-refractivity contribution in [3.05, 3.63) is 76.3 Å². The molecule has 2 aromatic carbocycles. The number of thioether (sulfide) groups is 1. The van der Waals surface area contributed by atoms with Crippen molar-refractivity contribution in [1.82, 2.24) is 10.2 Å². The molecule has 1 amide bonds. The summed E-state index contributed by atoms with van der Waals surface area (Å²) in [6.07, 6.45) is 1.71. The van der Waals surface area contributed by atoms with Crippen LogP contribution in [0.2, 0.25) is 0 Å². The van der Waals surface area contributed by atoms with Gasteiger partial charge in [-0.1, -0.05) is 61.2 Å². The first-order valence-corrected chi connectivity index (χ1v) is 15.6. The first-order chi connectivity index (χ1) is 20.7. The number of allylic oxidation sites excluding steroid dienone is 3. The predicted molar refractivity (Wildman–Crippen MR) is 167 cm³/mol. The van der Waals surface area contributed by atoms with Gasteiger partial charge in [0, 0.05) is 23.8 Å². The van der Waals surface area contributed by atoms with Crippen LogP contribution in [0.1, 0.15) is 56.1 Å². The molecule has 1 aliphatic heterocycles. The fourth-order valence-electron chi connectivity index (χ4n) is 5.28. The number of amides is 1. The van der Waals surface area contributed by atoms with Crippen LogP contribution in [0.3, 0.4) is 0 Å². The summed E-state index contributed by atoms with van der Waals surface area (Å²) in [5.74, 6) is 1.01. The van der Waals surface area contributed by atoms with Crippen LogP contribution in [0.15, 0.2) is 69.5 Å². The number of nitrogens with one attached hydrogen (secondary N) is 1. The molecule has 0 fully saturated rings. The van der Waals surface area contributed by atoms with E-state index in [2.05, 4.69) is 35.4 Å². The number of hydrogen-bond acceptors (Lipinski definition) is 11. The lowest BCUT2D eigenvalue weighted by Gasteiger charge is -2.38. The molecule has 0 radical (unpaired) electrons. The van der Waals surface area contributed by atoms with Crippen molar-refractivity contribution in [1.29, 1.82) is 5.26 Å². The van der Waals surface area contributed by atoms with Crippen molar-refractivity contribution in [2.75, 3.05) is 30.2 Å². The summed E-state index contributed by atoms with van der Waals surface area (Å²) >= 11 is 2.48. The predicted octanol–water partition coefficient (Wildman–Crippen LogP) is 5.71. The van der Waals surface area contributed by atoms with Crippen LogP contribution in [0.5, 0.6) is 11.5 Å². The van der Waals surface area contributed by atoms with E-state index in [1.807, 2.05) is 24.3 Å². The quantitative estimate of drug-likeness (QED) is 0.287. The number of methoxy groups -OCH3 is 2. The van der Waals surface area contributed by atoms with Crippen molar-refractivity contribution in [2.45, 2.75) is 49.3 Å². The monoisotopic (exact) mass is 616 g/mol. The van der Waals surface area contributed by atoms with Gasteiger partial charge in [-0.3, -0.25) is 14.5 Å². The Morgan fingerprint density at radius 2 is 1.95 bits per heavy atom. The summed E-state index contributed by atoms with van der Waals surface area (Å²) in [5.41, 5.74) is 10.9. The summed E-state index contributed by atoms with van der Waals surface area (Å²) in [4.78, 5) is 27.8. The zero-order valence-electron chi connectivity index (χ0n) is 24.3. The third-order valence-electron chi connectivity index (χ3n) is 7.45. The van der Waals surface area contributed by atoms with E-state index in [1.165, 1.54) is 35.8 Å². The van der Waals surface area contributed by atoms with E-state index in [9.17, 15) is 14.9 Å². The minimum absolute atomic E-state index is 0.00850. The third kappa shape index (κ3) is 6.09. The first kappa shape index (κ1) is 30.1. The van der Waals surface area contributed by atoms with E-state index in [4.69, 9.17) is 15.2 Å². The Morgan fingerprint density at radius 3 is 2.63 bits per heavy atom. The molecule has 12 heteroatoms. The largest absolute Gasteiger partial charge is 0.497 e. The van der Waals surface area contributed by atoms with Crippen LogP contribution in [0.25, 0.3) is 0 Å². The van der Waals surface area contributed by atoms with E-state index in [0.717, 1.165) is 11.3 Å². The second-order valence-electron chi connectivity index (χ2n) is 10.4. The Bertz CT molecular complexity index is 1660. The van der Waals surface area contributed by atoms with Crippen molar-refractivity contribution < 1.29 is 19.1 Å². The van der Waals surface area contributed by atoms with E-state index in [0.29, 0.717) is 63.0 Å². The molecule has 222 valence electrons. The minimum atomic E-state index is -0.536. The van der Waals surface area contributed by atoms with Gasteiger partial charge in [-0.15, -0.1) is 10.2 Å². The summed E-state index contributed by atoms with van der Waals surface area (Å²) < 4.78 is 11.1. The van der Waals surface area contributed by atoms with Gasteiger partial charge >= 0.3 is 0 Å². The van der Waals surface area contributed by atoms with Crippen LogP contribution in [-0.4, -0.2) is 41.9 Å². The summed E-state index contributed by atoms with van der Waals surface area (Å²) in [6, 6.07) is 15.5. The van der Waals surface area contributed by atoms with Gasteiger partial charge in [-0.05, 0) is 42.0 Å². The van der Waals surface area contributed by atoms with Crippen LogP contribution < -0.4 is 25.4 Å². The minimum Gasteiger partial charge on any atom is -0.497 e. The summed E-state index contributed by atoms with van der Waals surface area (Å²) in [7, 11) is 3.08. The average molecular weight is 617 g/mol. The topological polar surface area (TPSA) is 143 Å². The Morgan fingerprint density at radius 1 is 1.19 bits per heavy atom. The number of ether oxygens (including phenoxy) is 2. The molecule has 43 heavy (non-hydrogen) atoms. The Kier molecular flexibility index (Phi) is 9.03. The molecule has 2 aliphatic rings.